The Morgan fingerprint density at radius 2 is 1.96 bits per heavy atom. The number of hydrogen-bond acceptors (Lipinski definition) is 3. The standard InChI is InChI=1S/C15H23F3N4O/c1-9(2)22-13(15(16,17)18)11(6-19-22)14(23)21-7-10(3)12(8-21)20(4)5/h6,9-10,12H,7-8H2,1-5H3/t10-,12+/m0/s1. The summed E-state index contributed by atoms with van der Waals surface area (Å²) in [5.41, 5.74) is -1.32. The lowest BCUT2D eigenvalue weighted by atomic mass is 10.1. The summed E-state index contributed by atoms with van der Waals surface area (Å²) in [6, 6.07) is -0.325. The molecule has 1 amide bonds. The van der Waals surface area contributed by atoms with E-state index in [-0.39, 0.29) is 17.5 Å². The summed E-state index contributed by atoms with van der Waals surface area (Å²) in [5, 5.41) is 3.79. The number of rotatable bonds is 3. The van der Waals surface area contributed by atoms with Gasteiger partial charge in [-0.05, 0) is 33.9 Å². The van der Waals surface area contributed by atoms with Crippen LogP contribution in [0.1, 0.15) is 42.9 Å². The lowest BCUT2D eigenvalue weighted by molar-refractivity contribution is -0.145. The zero-order chi connectivity index (χ0) is 17.5. The van der Waals surface area contributed by atoms with Crippen molar-refractivity contribution in [2.24, 2.45) is 5.92 Å². The first-order chi connectivity index (χ1) is 10.5. The first-order valence-electron chi connectivity index (χ1n) is 7.64. The zero-order valence-corrected chi connectivity index (χ0v) is 14.1. The normalized spacial score (nSPS) is 22.4. The van der Waals surface area contributed by atoms with Crippen LogP contribution >= 0.6 is 0 Å². The van der Waals surface area contributed by atoms with Crippen molar-refractivity contribution in [2.45, 2.75) is 39.0 Å². The van der Waals surface area contributed by atoms with Gasteiger partial charge in [0.1, 0.15) is 0 Å². The number of likely N-dealkylation sites (tertiary alicyclic amines) is 1. The van der Waals surface area contributed by atoms with Crippen molar-refractivity contribution in [3.8, 4) is 0 Å². The van der Waals surface area contributed by atoms with Crippen LogP contribution in [0.3, 0.4) is 0 Å². The molecule has 0 radical (unpaired) electrons. The molecule has 1 aliphatic heterocycles. The maximum absolute atomic E-state index is 13.4. The maximum Gasteiger partial charge on any atom is 0.433 e. The SMILES string of the molecule is CC(C)n1ncc(C(=O)N2C[C@@H](N(C)C)[C@@H](C)C2)c1C(F)(F)F. The average molecular weight is 332 g/mol. The van der Waals surface area contributed by atoms with E-state index >= 15 is 0 Å². The average Bonchev–Trinajstić information content (AvgIpc) is 3.00. The van der Waals surface area contributed by atoms with Crippen LogP contribution in [0.4, 0.5) is 13.2 Å². The second-order valence-electron chi connectivity index (χ2n) is 6.66. The number of halogens is 3. The summed E-state index contributed by atoms with van der Waals surface area (Å²) in [5.74, 6) is -0.385. The van der Waals surface area contributed by atoms with Crippen LogP contribution in [0.25, 0.3) is 0 Å². The van der Waals surface area contributed by atoms with E-state index in [0.717, 1.165) is 10.9 Å². The summed E-state index contributed by atoms with van der Waals surface area (Å²) in [4.78, 5) is 16.1. The van der Waals surface area contributed by atoms with Gasteiger partial charge < -0.3 is 9.80 Å². The molecule has 0 bridgehead atoms. The molecule has 2 rings (SSSR count). The summed E-state index contributed by atoms with van der Waals surface area (Å²) in [7, 11) is 3.82. The third kappa shape index (κ3) is 3.36. The molecule has 0 aliphatic carbocycles. The van der Waals surface area contributed by atoms with E-state index in [2.05, 4.69) is 5.10 Å². The van der Waals surface area contributed by atoms with Gasteiger partial charge in [-0.3, -0.25) is 9.48 Å². The quantitative estimate of drug-likeness (QED) is 0.854. The third-order valence-electron chi connectivity index (χ3n) is 4.31. The van der Waals surface area contributed by atoms with Gasteiger partial charge in [-0.2, -0.15) is 18.3 Å². The molecule has 1 aliphatic rings. The van der Waals surface area contributed by atoms with Gasteiger partial charge >= 0.3 is 6.18 Å². The summed E-state index contributed by atoms with van der Waals surface area (Å²) in [6.45, 7) is 6.09. The van der Waals surface area contributed by atoms with Crippen LogP contribution in [0.15, 0.2) is 6.20 Å². The molecular formula is C15H23F3N4O. The van der Waals surface area contributed by atoms with Crippen LogP contribution in [-0.2, 0) is 6.18 Å². The summed E-state index contributed by atoms with van der Waals surface area (Å²) >= 11 is 0. The second kappa shape index (κ2) is 6.14. The van der Waals surface area contributed by atoms with Gasteiger partial charge in [-0.15, -0.1) is 0 Å². The molecule has 0 spiro atoms. The smallest absolute Gasteiger partial charge is 0.337 e. The molecule has 5 nitrogen and oxygen atoms in total. The molecule has 0 N–H and O–H groups in total. The number of amides is 1. The van der Waals surface area contributed by atoms with Crippen LogP contribution < -0.4 is 0 Å². The molecule has 0 unspecified atom stereocenters. The fourth-order valence-corrected chi connectivity index (χ4v) is 3.15. The van der Waals surface area contributed by atoms with Gasteiger partial charge in [0.05, 0.1) is 11.8 Å². The highest BCUT2D eigenvalue weighted by Crippen LogP contribution is 2.34. The maximum atomic E-state index is 13.4. The topological polar surface area (TPSA) is 41.4 Å². The van der Waals surface area contributed by atoms with E-state index in [1.807, 2.05) is 25.9 Å². The fraction of sp³-hybridized carbons (Fsp3) is 0.733. The van der Waals surface area contributed by atoms with Gasteiger partial charge in [-0.25, -0.2) is 0 Å². The van der Waals surface area contributed by atoms with E-state index < -0.39 is 23.8 Å². The van der Waals surface area contributed by atoms with Crippen molar-refractivity contribution >= 4 is 5.91 Å². The summed E-state index contributed by atoms with van der Waals surface area (Å²) in [6.07, 6.45) is -3.57. The van der Waals surface area contributed by atoms with Crippen molar-refractivity contribution in [3.63, 3.8) is 0 Å². The Morgan fingerprint density at radius 3 is 2.39 bits per heavy atom. The zero-order valence-electron chi connectivity index (χ0n) is 14.1. The Kier molecular flexibility index (Phi) is 4.75. The van der Waals surface area contributed by atoms with E-state index in [9.17, 15) is 18.0 Å². The Morgan fingerprint density at radius 1 is 1.35 bits per heavy atom. The van der Waals surface area contributed by atoms with Crippen molar-refractivity contribution in [2.75, 3.05) is 27.2 Å². The van der Waals surface area contributed by atoms with Crippen molar-refractivity contribution in [3.05, 3.63) is 17.5 Å². The Labute approximate surface area is 134 Å². The molecule has 1 aromatic rings. The predicted octanol–water partition coefficient (Wildman–Crippen LogP) is 2.50. The molecule has 0 aromatic carbocycles. The first kappa shape index (κ1) is 17.8. The Balaban J connectivity index is 2.34. The van der Waals surface area contributed by atoms with Crippen LogP contribution in [0, 0.1) is 5.92 Å². The number of carbonyl (C=O) groups is 1. The largest absolute Gasteiger partial charge is 0.433 e. The lowest BCUT2D eigenvalue weighted by Crippen LogP contribution is -2.36. The highest BCUT2D eigenvalue weighted by atomic mass is 19.4. The van der Waals surface area contributed by atoms with Crippen LogP contribution in [0.5, 0.6) is 0 Å². The number of aromatic nitrogens is 2. The molecule has 1 aromatic heterocycles. The number of carbonyl (C=O) groups excluding carboxylic acids is 1. The van der Waals surface area contributed by atoms with Gasteiger partial charge in [0.25, 0.3) is 5.91 Å². The monoisotopic (exact) mass is 332 g/mol. The fourth-order valence-electron chi connectivity index (χ4n) is 3.15. The number of nitrogens with zero attached hydrogens (tertiary/aromatic N) is 4. The Hall–Kier alpha value is -1.57. The molecular weight excluding hydrogens is 309 g/mol. The van der Waals surface area contributed by atoms with Gasteiger partial charge in [-0.1, -0.05) is 6.92 Å². The van der Waals surface area contributed by atoms with Crippen molar-refractivity contribution in [1.29, 1.82) is 0 Å². The third-order valence-corrected chi connectivity index (χ3v) is 4.31. The molecule has 1 saturated heterocycles. The summed E-state index contributed by atoms with van der Waals surface area (Å²) < 4.78 is 41.0. The van der Waals surface area contributed by atoms with E-state index in [1.165, 1.54) is 4.90 Å². The molecule has 1 fully saturated rings. The molecule has 2 heterocycles. The minimum Gasteiger partial charge on any atom is -0.337 e. The van der Waals surface area contributed by atoms with Gasteiger partial charge in [0.2, 0.25) is 0 Å². The highest BCUT2D eigenvalue weighted by molar-refractivity contribution is 5.95. The van der Waals surface area contributed by atoms with E-state index in [4.69, 9.17) is 0 Å². The van der Waals surface area contributed by atoms with Gasteiger partial charge in [0.15, 0.2) is 5.69 Å². The molecule has 130 valence electrons. The number of likely N-dealkylation sites (N-methyl/N-ethyl adjacent to an activating group) is 1. The minimum atomic E-state index is -4.61. The molecule has 23 heavy (non-hydrogen) atoms. The highest BCUT2D eigenvalue weighted by Gasteiger charge is 2.43. The first-order valence-corrected chi connectivity index (χ1v) is 7.64. The van der Waals surface area contributed by atoms with Gasteiger partial charge in [0, 0.05) is 25.2 Å². The lowest BCUT2D eigenvalue weighted by Gasteiger charge is -2.22. The molecule has 0 saturated carbocycles. The van der Waals surface area contributed by atoms with E-state index in [1.54, 1.807) is 13.8 Å². The number of alkyl halides is 3. The second-order valence-corrected chi connectivity index (χ2v) is 6.66. The van der Waals surface area contributed by atoms with Crippen LogP contribution in [0.2, 0.25) is 0 Å². The minimum absolute atomic E-state index is 0.147. The van der Waals surface area contributed by atoms with Crippen LogP contribution in [-0.4, -0.2) is 58.7 Å². The number of hydrogen-bond donors (Lipinski definition) is 0. The molecule has 8 heteroatoms. The Bertz CT molecular complexity index is 580. The predicted molar refractivity (Wildman–Crippen MR) is 80.2 cm³/mol. The van der Waals surface area contributed by atoms with E-state index in [0.29, 0.717) is 13.1 Å². The molecule has 2 atom stereocenters. The van der Waals surface area contributed by atoms with Crippen molar-refractivity contribution < 1.29 is 18.0 Å². The van der Waals surface area contributed by atoms with Crippen molar-refractivity contribution in [1.82, 2.24) is 19.6 Å².